The van der Waals surface area contributed by atoms with Crippen molar-refractivity contribution in [2.24, 2.45) is 0 Å². The fraction of sp³-hybridized carbons (Fsp3) is 0.308. The second-order valence-electron chi connectivity index (χ2n) is 4.47. The van der Waals surface area contributed by atoms with E-state index in [2.05, 4.69) is 4.98 Å². The molecule has 112 valence electrons. The zero-order chi connectivity index (χ0) is 15.8. The van der Waals surface area contributed by atoms with Gasteiger partial charge in [0.15, 0.2) is 0 Å². The predicted octanol–water partition coefficient (Wildman–Crippen LogP) is 4.55. The Kier molecular flexibility index (Phi) is 3.61. The lowest BCUT2D eigenvalue weighted by atomic mass is 10.0. The highest BCUT2D eigenvalue weighted by Crippen LogP contribution is 2.38. The van der Waals surface area contributed by atoms with Gasteiger partial charge in [-0.15, -0.1) is 0 Å². The summed E-state index contributed by atoms with van der Waals surface area (Å²) >= 11 is 0. The molecule has 0 saturated heterocycles. The van der Waals surface area contributed by atoms with Crippen molar-refractivity contribution in [1.29, 1.82) is 5.26 Å². The first kappa shape index (κ1) is 15.2. The van der Waals surface area contributed by atoms with E-state index in [0.717, 1.165) is 12.1 Å². The molecule has 2 nitrogen and oxygen atoms in total. The number of nitriles is 1. The van der Waals surface area contributed by atoms with E-state index < -0.39 is 36.3 Å². The Hall–Kier alpha value is -2.17. The minimum Gasteiger partial charge on any atom is -0.358 e. The predicted molar refractivity (Wildman–Crippen MR) is 62.4 cm³/mol. The number of alkyl halides is 6. The lowest BCUT2D eigenvalue weighted by Gasteiger charge is -2.09. The zero-order valence-corrected chi connectivity index (χ0v) is 10.4. The summed E-state index contributed by atoms with van der Waals surface area (Å²) in [4.78, 5) is 2.52. The molecule has 0 unspecified atom stereocenters. The molecular weight excluding hydrogens is 298 g/mol. The number of fused-ring (bicyclic) bond motifs is 1. The standard InChI is InChI=1S/C13H8F6N2/c14-12(15,16)4-3-8-5-9-10(21-8)2-1-7(6-20)11(9)13(17,18)19/h1-2,5,21H,3-4H2. The van der Waals surface area contributed by atoms with Gasteiger partial charge in [0.05, 0.1) is 17.2 Å². The van der Waals surface area contributed by atoms with Crippen molar-refractivity contribution in [3.05, 3.63) is 35.0 Å². The Morgan fingerprint density at radius 2 is 1.76 bits per heavy atom. The van der Waals surface area contributed by atoms with Gasteiger partial charge in [0.25, 0.3) is 0 Å². The van der Waals surface area contributed by atoms with Crippen LogP contribution in [0, 0.1) is 11.3 Å². The summed E-state index contributed by atoms with van der Waals surface area (Å²) in [7, 11) is 0. The van der Waals surface area contributed by atoms with Gasteiger partial charge in [-0.1, -0.05) is 0 Å². The summed E-state index contributed by atoms with van der Waals surface area (Å²) < 4.78 is 75.5. The van der Waals surface area contributed by atoms with Crippen molar-refractivity contribution in [3.8, 4) is 6.07 Å². The molecule has 1 heterocycles. The highest BCUT2D eigenvalue weighted by atomic mass is 19.4. The number of nitrogens with zero attached hydrogens (tertiary/aromatic N) is 1. The van der Waals surface area contributed by atoms with Crippen LogP contribution in [-0.4, -0.2) is 11.2 Å². The maximum absolute atomic E-state index is 13.0. The summed E-state index contributed by atoms with van der Waals surface area (Å²) in [5, 5.41) is 8.46. The molecule has 1 aromatic heterocycles. The van der Waals surface area contributed by atoms with E-state index in [0.29, 0.717) is 0 Å². The zero-order valence-electron chi connectivity index (χ0n) is 10.4. The van der Waals surface area contributed by atoms with Crippen molar-refractivity contribution in [2.45, 2.75) is 25.2 Å². The number of H-pyrrole nitrogens is 1. The van der Waals surface area contributed by atoms with Gasteiger partial charge in [0.1, 0.15) is 0 Å². The second kappa shape index (κ2) is 4.98. The van der Waals surface area contributed by atoms with Crippen LogP contribution in [0.15, 0.2) is 18.2 Å². The highest BCUT2D eigenvalue weighted by molar-refractivity contribution is 5.86. The first-order chi connectivity index (χ1) is 9.62. The van der Waals surface area contributed by atoms with E-state index >= 15 is 0 Å². The summed E-state index contributed by atoms with van der Waals surface area (Å²) in [6.45, 7) is 0. The number of aryl methyl sites for hydroxylation is 1. The van der Waals surface area contributed by atoms with Crippen molar-refractivity contribution in [3.63, 3.8) is 0 Å². The van der Waals surface area contributed by atoms with Gasteiger partial charge in [-0.2, -0.15) is 31.6 Å². The number of rotatable bonds is 2. The van der Waals surface area contributed by atoms with Crippen molar-refractivity contribution < 1.29 is 26.3 Å². The molecule has 2 rings (SSSR count). The number of benzene rings is 1. The molecule has 8 heteroatoms. The molecule has 0 saturated carbocycles. The number of nitrogens with one attached hydrogen (secondary N) is 1. The second-order valence-corrected chi connectivity index (χ2v) is 4.47. The van der Waals surface area contributed by atoms with Gasteiger partial charge in [-0.25, -0.2) is 0 Å². The Morgan fingerprint density at radius 1 is 1.10 bits per heavy atom. The van der Waals surface area contributed by atoms with Gasteiger partial charge in [-0.3, -0.25) is 0 Å². The number of halogens is 6. The molecular formula is C13H8F6N2. The minimum atomic E-state index is -4.76. The van der Waals surface area contributed by atoms with Gasteiger partial charge in [-0.05, 0) is 24.6 Å². The molecule has 0 amide bonds. The van der Waals surface area contributed by atoms with Crippen LogP contribution in [0.3, 0.4) is 0 Å². The molecule has 1 aromatic carbocycles. The van der Waals surface area contributed by atoms with Crippen LogP contribution in [0.5, 0.6) is 0 Å². The SMILES string of the molecule is N#Cc1ccc2[nH]c(CCC(F)(F)F)cc2c1C(F)(F)F. The van der Waals surface area contributed by atoms with E-state index in [-0.39, 0.29) is 16.6 Å². The lowest BCUT2D eigenvalue weighted by molar-refractivity contribution is -0.136. The monoisotopic (exact) mass is 306 g/mol. The molecule has 0 bridgehead atoms. The summed E-state index contributed by atoms with van der Waals surface area (Å²) in [6, 6.07) is 4.71. The summed E-state index contributed by atoms with van der Waals surface area (Å²) in [5.41, 5.74) is -1.59. The van der Waals surface area contributed by atoms with Crippen molar-refractivity contribution in [2.75, 3.05) is 0 Å². The van der Waals surface area contributed by atoms with Crippen LogP contribution in [0.2, 0.25) is 0 Å². The Bertz CT molecular complexity index is 702. The fourth-order valence-corrected chi connectivity index (χ4v) is 2.07. The van der Waals surface area contributed by atoms with E-state index in [4.69, 9.17) is 5.26 Å². The summed E-state index contributed by atoms with van der Waals surface area (Å²) in [5.74, 6) is 0. The molecule has 21 heavy (non-hydrogen) atoms. The van der Waals surface area contributed by atoms with Gasteiger partial charge in [0.2, 0.25) is 0 Å². The molecule has 0 aliphatic rings. The van der Waals surface area contributed by atoms with Crippen LogP contribution >= 0.6 is 0 Å². The van der Waals surface area contributed by atoms with Gasteiger partial charge >= 0.3 is 12.4 Å². The average Bonchev–Trinajstić information content (AvgIpc) is 2.75. The van der Waals surface area contributed by atoms with Crippen LogP contribution in [0.1, 0.15) is 23.2 Å². The van der Waals surface area contributed by atoms with E-state index in [1.807, 2.05) is 0 Å². The van der Waals surface area contributed by atoms with Crippen LogP contribution in [0.25, 0.3) is 10.9 Å². The molecule has 0 spiro atoms. The third-order valence-electron chi connectivity index (χ3n) is 2.94. The molecule has 2 aromatic rings. The van der Waals surface area contributed by atoms with Crippen molar-refractivity contribution in [1.82, 2.24) is 4.98 Å². The molecule has 0 radical (unpaired) electrons. The third kappa shape index (κ3) is 3.29. The normalized spacial score (nSPS) is 12.6. The highest BCUT2D eigenvalue weighted by Gasteiger charge is 2.36. The van der Waals surface area contributed by atoms with Crippen LogP contribution in [-0.2, 0) is 12.6 Å². The number of aromatic nitrogens is 1. The van der Waals surface area contributed by atoms with Gasteiger partial charge in [0, 0.05) is 23.0 Å². The molecule has 0 fully saturated rings. The number of hydrogen-bond donors (Lipinski definition) is 1. The van der Waals surface area contributed by atoms with Crippen LogP contribution in [0.4, 0.5) is 26.3 Å². The first-order valence-electron chi connectivity index (χ1n) is 5.80. The minimum absolute atomic E-state index is 0.0444. The smallest absolute Gasteiger partial charge is 0.358 e. The van der Waals surface area contributed by atoms with Gasteiger partial charge < -0.3 is 4.98 Å². The van der Waals surface area contributed by atoms with E-state index in [1.54, 1.807) is 0 Å². The maximum atomic E-state index is 13.0. The average molecular weight is 306 g/mol. The Labute approximate surface area is 115 Å². The van der Waals surface area contributed by atoms with Crippen LogP contribution < -0.4 is 0 Å². The molecule has 0 atom stereocenters. The quantitative estimate of drug-likeness (QED) is 0.812. The summed E-state index contributed by atoms with van der Waals surface area (Å²) in [6.07, 6.45) is -10.7. The Balaban J connectivity index is 2.51. The third-order valence-corrected chi connectivity index (χ3v) is 2.94. The van der Waals surface area contributed by atoms with E-state index in [9.17, 15) is 26.3 Å². The maximum Gasteiger partial charge on any atom is 0.418 e. The fourth-order valence-electron chi connectivity index (χ4n) is 2.07. The lowest BCUT2D eigenvalue weighted by Crippen LogP contribution is -2.08. The molecule has 0 aliphatic heterocycles. The first-order valence-corrected chi connectivity index (χ1v) is 5.80. The molecule has 1 N–H and O–H groups in total. The number of aromatic amines is 1. The molecule has 0 aliphatic carbocycles. The number of hydrogen-bond acceptors (Lipinski definition) is 1. The van der Waals surface area contributed by atoms with E-state index in [1.165, 1.54) is 12.1 Å². The Morgan fingerprint density at radius 3 is 2.29 bits per heavy atom. The largest absolute Gasteiger partial charge is 0.418 e. The van der Waals surface area contributed by atoms with Crippen molar-refractivity contribution >= 4 is 10.9 Å². The topological polar surface area (TPSA) is 39.6 Å².